The topological polar surface area (TPSA) is 89.0 Å². The largest absolute Gasteiger partial charge is 0.464 e. The van der Waals surface area contributed by atoms with Crippen LogP contribution in [0.4, 0.5) is 4.79 Å². The lowest BCUT2D eigenvalue weighted by atomic mass is 9.97. The number of nitrogens with zero attached hydrogens (tertiary/aromatic N) is 2. The Kier molecular flexibility index (Phi) is 7.37. The van der Waals surface area contributed by atoms with Crippen LogP contribution >= 0.6 is 11.3 Å². The van der Waals surface area contributed by atoms with Crippen molar-refractivity contribution < 1.29 is 24.2 Å². The highest BCUT2D eigenvalue weighted by Gasteiger charge is 2.30. The molecule has 8 heteroatoms. The third-order valence-electron chi connectivity index (χ3n) is 3.61. The average molecular weight is 372 g/mol. The van der Waals surface area contributed by atoms with Crippen LogP contribution in [0.25, 0.3) is 0 Å². The Balaban J connectivity index is 2.85. The van der Waals surface area contributed by atoms with Crippen LogP contribution in [-0.2, 0) is 9.47 Å². The minimum absolute atomic E-state index is 0.104. The molecule has 1 rings (SSSR count). The molecule has 0 saturated heterocycles. The summed E-state index contributed by atoms with van der Waals surface area (Å²) in [5.41, 5.74) is -0.418. The molecule has 1 aromatic heterocycles. The van der Waals surface area contributed by atoms with Crippen molar-refractivity contribution in [3.8, 4) is 0 Å². The molecular weight excluding hydrogens is 344 g/mol. The molecule has 0 fully saturated rings. The highest BCUT2D eigenvalue weighted by Crippen LogP contribution is 2.27. The first-order valence-corrected chi connectivity index (χ1v) is 9.01. The normalized spacial score (nSPS) is 14.1. The van der Waals surface area contributed by atoms with Crippen molar-refractivity contribution in [3.63, 3.8) is 0 Å². The lowest BCUT2D eigenvalue weighted by Gasteiger charge is -2.34. The van der Waals surface area contributed by atoms with Crippen LogP contribution in [0, 0.1) is 5.92 Å². The van der Waals surface area contributed by atoms with E-state index in [4.69, 9.17) is 4.74 Å². The first kappa shape index (κ1) is 21.4. The SMILES string of the molecule is COC(=O)c1csc([C@H](O)C[C@H](C(C)C)N(C)C(=O)OC(C)(C)C)n1. The zero-order valence-electron chi connectivity index (χ0n) is 15.9. The Morgan fingerprint density at radius 2 is 1.96 bits per heavy atom. The van der Waals surface area contributed by atoms with E-state index in [1.165, 1.54) is 23.3 Å². The fourth-order valence-electron chi connectivity index (χ4n) is 2.32. The maximum Gasteiger partial charge on any atom is 0.410 e. The van der Waals surface area contributed by atoms with E-state index in [0.29, 0.717) is 11.4 Å². The number of aliphatic hydroxyl groups excluding tert-OH is 1. The number of aliphatic hydroxyl groups is 1. The number of ether oxygens (including phenoxy) is 2. The van der Waals surface area contributed by atoms with Gasteiger partial charge in [0, 0.05) is 24.9 Å². The summed E-state index contributed by atoms with van der Waals surface area (Å²) in [5, 5.41) is 12.5. The molecule has 1 aromatic rings. The first-order chi connectivity index (χ1) is 11.5. The number of carbonyl (C=O) groups excluding carboxylic acids is 2. The van der Waals surface area contributed by atoms with Gasteiger partial charge in [-0.25, -0.2) is 14.6 Å². The Labute approximate surface area is 153 Å². The number of carbonyl (C=O) groups is 2. The van der Waals surface area contributed by atoms with Crippen molar-refractivity contribution in [1.82, 2.24) is 9.88 Å². The van der Waals surface area contributed by atoms with Crippen molar-refractivity contribution >= 4 is 23.4 Å². The van der Waals surface area contributed by atoms with E-state index in [-0.39, 0.29) is 17.7 Å². The summed E-state index contributed by atoms with van der Waals surface area (Å²) in [6.45, 7) is 9.37. The van der Waals surface area contributed by atoms with Crippen LogP contribution in [0.2, 0.25) is 0 Å². The van der Waals surface area contributed by atoms with Crippen LogP contribution < -0.4 is 0 Å². The van der Waals surface area contributed by atoms with Gasteiger partial charge in [0.2, 0.25) is 0 Å². The molecule has 0 bridgehead atoms. The summed E-state index contributed by atoms with van der Waals surface area (Å²) in [5.74, 6) is -0.437. The molecule has 0 spiro atoms. The van der Waals surface area contributed by atoms with Crippen molar-refractivity contribution in [3.05, 3.63) is 16.1 Å². The summed E-state index contributed by atoms with van der Waals surface area (Å²) in [7, 11) is 2.94. The fourth-order valence-corrected chi connectivity index (χ4v) is 3.10. The molecule has 1 heterocycles. The zero-order chi connectivity index (χ0) is 19.4. The Bertz CT molecular complexity index is 594. The van der Waals surface area contributed by atoms with E-state index in [9.17, 15) is 14.7 Å². The van der Waals surface area contributed by atoms with Gasteiger partial charge in [-0.05, 0) is 26.7 Å². The molecular formula is C17H28N2O5S. The number of esters is 1. The number of hydrogen-bond acceptors (Lipinski definition) is 7. The van der Waals surface area contributed by atoms with Crippen molar-refractivity contribution in [2.24, 2.45) is 5.92 Å². The standard InChI is InChI=1S/C17H28N2O5S/c1-10(2)12(19(6)16(22)24-17(3,4)5)8-13(20)14-18-11(9-25-14)15(21)23-7/h9-10,12-13,20H,8H2,1-7H3/t12-,13-/m1/s1. The van der Waals surface area contributed by atoms with Gasteiger partial charge < -0.3 is 19.5 Å². The second kappa shape index (κ2) is 8.62. The number of rotatable bonds is 6. The average Bonchev–Trinajstić information content (AvgIpc) is 2.98. The predicted octanol–water partition coefficient (Wildman–Crippen LogP) is 3.24. The molecule has 1 amide bonds. The van der Waals surface area contributed by atoms with Crippen molar-refractivity contribution in [2.75, 3.05) is 14.2 Å². The van der Waals surface area contributed by atoms with E-state index in [2.05, 4.69) is 9.72 Å². The van der Waals surface area contributed by atoms with Crippen LogP contribution in [0.3, 0.4) is 0 Å². The van der Waals surface area contributed by atoms with Gasteiger partial charge in [0.1, 0.15) is 16.7 Å². The summed E-state index contributed by atoms with van der Waals surface area (Å²) in [6.07, 6.45) is -1.03. The third kappa shape index (κ3) is 6.28. The molecule has 142 valence electrons. The molecule has 0 aromatic carbocycles. The Morgan fingerprint density at radius 1 is 1.36 bits per heavy atom. The number of hydrogen-bond donors (Lipinski definition) is 1. The second-order valence-electron chi connectivity index (χ2n) is 7.22. The van der Waals surface area contributed by atoms with Crippen molar-refractivity contribution in [2.45, 2.75) is 58.8 Å². The second-order valence-corrected chi connectivity index (χ2v) is 8.11. The summed E-state index contributed by atoms with van der Waals surface area (Å²) in [6, 6.07) is -0.240. The molecule has 0 aliphatic carbocycles. The predicted molar refractivity (Wildman–Crippen MR) is 95.7 cm³/mol. The number of aromatic nitrogens is 1. The van der Waals surface area contributed by atoms with Crippen molar-refractivity contribution in [1.29, 1.82) is 0 Å². The molecule has 0 aliphatic rings. The highest BCUT2D eigenvalue weighted by atomic mass is 32.1. The van der Waals surface area contributed by atoms with Gasteiger partial charge in [-0.1, -0.05) is 13.8 Å². The monoisotopic (exact) mass is 372 g/mol. The molecule has 0 aliphatic heterocycles. The molecule has 0 radical (unpaired) electrons. The maximum absolute atomic E-state index is 12.3. The Morgan fingerprint density at radius 3 is 2.44 bits per heavy atom. The van der Waals surface area contributed by atoms with Gasteiger partial charge in [-0.3, -0.25) is 0 Å². The van der Waals surface area contributed by atoms with Gasteiger partial charge in [0.25, 0.3) is 0 Å². The molecule has 0 unspecified atom stereocenters. The highest BCUT2D eigenvalue weighted by molar-refractivity contribution is 7.09. The Hall–Kier alpha value is -1.67. The van der Waals surface area contributed by atoms with E-state index < -0.39 is 23.8 Å². The number of methoxy groups -OCH3 is 1. The van der Waals surface area contributed by atoms with Crippen LogP contribution in [0.5, 0.6) is 0 Å². The van der Waals surface area contributed by atoms with Gasteiger partial charge in [0.15, 0.2) is 5.69 Å². The minimum atomic E-state index is -0.888. The van der Waals surface area contributed by atoms with Gasteiger partial charge in [-0.2, -0.15) is 0 Å². The maximum atomic E-state index is 12.3. The number of amides is 1. The van der Waals surface area contributed by atoms with Gasteiger partial charge >= 0.3 is 12.1 Å². The summed E-state index contributed by atoms with van der Waals surface area (Å²) in [4.78, 5) is 29.4. The summed E-state index contributed by atoms with van der Waals surface area (Å²) >= 11 is 1.19. The van der Waals surface area contributed by atoms with Gasteiger partial charge in [0.05, 0.1) is 7.11 Å². The fraction of sp³-hybridized carbons (Fsp3) is 0.706. The quantitative estimate of drug-likeness (QED) is 0.771. The zero-order valence-corrected chi connectivity index (χ0v) is 16.7. The van der Waals surface area contributed by atoms with Crippen LogP contribution in [0.15, 0.2) is 5.38 Å². The molecule has 2 atom stereocenters. The van der Waals surface area contributed by atoms with E-state index in [0.717, 1.165) is 0 Å². The third-order valence-corrected chi connectivity index (χ3v) is 4.56. The molecule has 25 heavy (non-hydrogen) atoms. The van der Waals surface area contributed by atoms with E-state index in [1.54, 1.807) is 12.4 Å². The lowest BCUT2D eigenvalue weighted by Crippen LogP contribution is -2.44. The van der Waals surface area contributed by atoms with E-state index >= 15 is 0 Å². The summed E-state index contributed by atoms with van der Waals surface area (Å²) < 4.78 is 10.0. The van der Waals surface area contributed by atoms with Crippen LogP contribution in [-0.4, -0.2) is 52.9 Å². The van der Waals surface area contributed by atoms with Gasteiger partial charge in [-0.15, -0.1) is 11.3 Å². The molecule has 7 nitrogen and oxygen atoms in total. The smallest absolute Gasteiger partial charge is 0.410 e. The number of thiazole rings is 1. The molecule has 1 N–H and O–H groups in total. The van der Waals surface area contributed by atoms with E-state index in [1.807, 2.05) is 34.6 Å². The molecule has 0 saturated carbocycles. The lowest BCUT2D eigenvalue weighted by molar-refractivity contribution is 0.0106. The van der Waals surface area contributed by atoms with Crippen LogP contribution in [0.1, 0.15) is 62.6 Å². The minimum Gasteiger partial charge on any atom is -0.464 e. The first-order valence-electron chi connectivity index (χ1n) is 8.14.